The lowest BCUT2D eigenvalue weighted by atomic mass is 10.1. The molecule has 0 saturated carbocycles. The van der Waals surface area contributed by atoms with E-state index in [0.717, 1.165) is 47.5 Å². The van der Waals surface area contributed by atoms with Crippen molar-refractivity contribution >= 4 is 28.3 Å². The molecule has 1 fully saturated rings. The minimum absolute atomic E-state index is 0.0418. The molecule has 0 spiro atoms. The molecule has 0 amide bonds. The number of fused-ring (bicyclic) bond motifs is 3. The van der Waals surface area contributed by atoms with Gasteiger partial charge in [-0.15, -0.1) is 10.2 Å². The van der Waals surface area contributed by atoms with E-state index in [-0.39, 0.29) is 12.8 Å². The van der Waals surface area contributed by atoms with Crippen molar-refractivity contribution < 1.29 is 9.13 Å². The number of aryl methyl sites for hydroxylation is 1. The van der Waals surface area contributed by atoms with E-state index in [1.807, 2.05) is 41.7 Å². The van der Waals surface area contributed by atoms with Gasteiger partial charge in [0.05, 0.1) is 41.1 Å². The fourth-order valence-corrected chi connectivity index (χ4v) is 4.43. The molecule has 2 aromatic carbocycles. The molecule has 31 heavy (non-hydrogen) atoms. The molecule has 1 aliphatic rings. The van der Waals surface area contributed by atoms with Gasteiger partial charge in [-0.1, -0.05) is 29.8 Å². The molecule has 0 radical (unpaired) electrons. The first kappa shape index (κ1) is 20.3. The monoisotopic (exact) mass is 439 g/mol. The molecule has 0 N–H and O–H groups in total. The molecule has 2 aromatic heterocycles. The van der Waals surface area contributed by atoms with Gasteiger partial charge in [0.25, 0.3) is 0 Å². The first-order chi connectivity index (χ1) is 15.1. The summed E-state index contributed by atoms with van der Waals surface area (Å²) in [5, 5.41) is 9.46. The van der Waals surface area contributed by atoms with Crippen LogP contribution in [0.4, 0.5) is 4.39 Å². The van der Waals surface area contributed by atoms with Gasteiger partial charge in [0.2, 0.25) is 0 Å². The summed E-state index contributed by atoms with van der Waals surface area (Å²) in [5.41, 5.74) is 5.32. The van der Waals surface area contributed by atoms with Crippen LogP contribution in [0.1, 0.15) is 17.7 Å². The number of halogens is 2. The Morgan fingerprint density at radius 3 is 2.90 bits per heavy atom. The summed E-state index contributed by atoms with van der Waals surface area (Å²) in [6.45, 7) is 4.55. The fraction of sp³-hybridized carbons (Fsp3) is 0.348. The zero-order chi connectivity index (χ0) is 21.4. The van der Waals surface area contributed by atoms with E-state index in [4.69, 9.17) is 21.3 Å². The van der Waals surface area contributed by atoms with Gasteiger partial charge >= 0.3 is 0 Å². The first-order valence-electron chi connectivity index (χ1n) is 10.4. The van der Waals surface area contributed by atoms with Gasteiger partial charge in [-0.3, -0.25) is 13.7 Å². The van der Waals surface area contributed by atoms with E-state index < -0.39 is 0 Å². The first-order valence-corrected chi connectivity index (χ1v) is 10.8. The maximum absolute atomic E-state index is 12.7. The molecule has 160 valence electrons. The molecule has 1 saturated heterocycles. The molecule has 4 aromatic rings. The number of nitrogens with zero attached hydrogens (tertiary/aromatic N) is 5. The van der Waals surface area contributed by atoms with E-state index in [1.54, 1.807) is 0 Å². The van der Waals surface area contributed by atoms with Crippen LogP contribution >= 0.6 is 11.6 Å². The highest BCUT2D eigenvalue weighted by Gasteiger charge is 2.21. The Bertz CT molecular complexity index is 1240. The lowest BCUT2D eigenvalue weighted by Crippen LogP contribution is -2.42. The normalized spacial score (nSPS) is 17.6. The van der Waals surface area contributed by atoms with Crippen molar-refractivity contribution in [2.45, 2.75) is 26.0 Å². The smallest absolute Gasteiger partial charge is 0.183 e. The van der Waals surface area contributed by atoms with E-state index in [9.17, 15) is 4.39 Å². The van der Waals surface area contributed by atoms with Gasteiger partial charge in [0.1, 0.15) is 0 Å². The van der Waals surface area contributed by atoms with Gasteiger partial charge in [-0.05, 0) is 36.8 Å². The lowest BCUT2D eigenvalue weighted by Gasteiger charge is -2.32. The molecule has 0 bridgehead atoms. The van der Waals surface area contributed by atoms with Crippen LogP contribution in [0.2, 0.25) is 5.02 Å². The third-order valence-corrected chi connectivity index (χ3v) is 6.06. The molecule has 5 rings (SSSR count). The number of aromatic nitrogens is 4. The van der Waals surface area contributed by atoms with Crippen LogP contribution in [0.5, 0.6) is 0 Å². The standard InChI is InChI=1S/C23H23ClFN5O/c1-15-22-27-28-23(18-4-2-3-5-19(18)24)30(22)21-12-16(6-7-20(21)26-15)13-29-10-11-31-17(14-29)8-9-25/h2-7,12,17H,8-11,13-14H2,1H3. The maximum Gasteiger partial charge on any atom is 0.183 e. The van der Waals surface area contributed by atoms with Crippen molar-refractivity contribution in [1.29, 1.82) is 0 Å². The van der Waals surface area contributed by atoms with Crippen molar-refractivity contribution in [3.8, 4) is 11.4 Å². The number of morpholine rings is 1. The Labute approximate surface area is 184 Å². The Hall–Kier alpha value is -2.61. The van der Waals surface area contributed by atoms with Gasteiger partial charge in [0, 0.05) is 31.6 Å². The average Bonchev–Trinajstić information content (AvgIpc) is 3.21. The van der Waals surface area contributed by atoms with Crippen LogP contribution in [-0.2, 0) is 11.3 Å². The largest absolute Gasteiger partial charge is 0.375 e. The molecular weight excluding hydrogens is 417 g/mol. The maximum atomic E-state index is 12.7. The Morgan fingerprint density at radius 2 is 2.06 bits per heavy atom. The second-order valence-electron chi connectivity index (χ2n) is 7.89. The predicted molar refractivity (Wildman–Crippen MR) is 119 cm³/mol. The summed E-state index contributed by atoms with van der Waals surface area (Å²) in [4.78, 5) is 7.04. The summed E-state index contributed by atoms with van der Waals surface area (Å²) in [6, 6.07) is 13.9. The molecular formula is C23H23ClFN5O. The average molecular weight is 440 g/mol. The zero-order valence-electron chi connectivity index (χ0n) is 17.3. The second-order valence-corrected chi connectivity index (χ2v) is 8.30. The summed E-state index contributed by atoms with van der Waals surface area (Å²) in [6.07, 6.45) is 0.403. The fourth-order valence-electron chi connectivity index (χ4n) is 4.21. The minimum atomic E-state index is -0.351. The SMILES string of the molecule is Cc1nc2ccc(CN3CCOC(CCF)C3)cc2n2c(-c3ccccc3Cl)nnc12. The number of hydrogen-bond acceptors (Lipinski definition) is 5. The third-order valence-electron chi connectivity index (χ3n) is 5.73. The molecule has 8 heteroatoms. The highest BCUT2D eigenvalue weighted by atomic mass is 35.5. The van der Waals surface area contributed by atoms with Crippen LogP contribution < -0.4 is 0 Å². The molecule has 0 aliphatic carbocycles. The van der Waals surface area contributed by atoms with E-state index >= 15 is 0 Å². The number of ether oxygens (including phenoxy) is 1. The highest BCUT2D eigenvalue weighted by Crippen LogP contribution is 2.30. The third kappa shape index (κ3) is 3.89. The minimum Gasteiger partial charge on any atom is -0.375 e. The van der Waals surface area contributed by atoms with Crippen molar-refractivity contribution in [3.05, 3.63) is 58.7 Å². The van der Waals surface area contributed by atoms with Crippen molar-refractivity contribution in [1.82, 2.24) is 24.5 Å². The van der Waals surface area contributed by atoms with Crippen molar-refractivity contribution in [2.75, 3.05) is 26.4 Å². The summed E-state index contributed by atoms with van der Waals surface area (Å²) < 4.78 is 20.4. The van der Waals surface area contributed by atoms with Crippen LogP contribution in [-0.4, -0.2) is 57.0 Å². The number of alkyl halides is 1. The Morgan fingerprint density at radius 1 is 1.19 bits per heavy atom. The van der Waals surface area contributed by atoms with Crippen LogP contribution in [0.25, 0.3) is 28.1 Å². The Kier molecular flexibility index (Phi) is 5.56. The second kappa shape index (κ2) is 8.49. The van der Waals surface area contributed by atoms with Gasteiger partial charge < -0.3 is 4.74 Å². The van der Waals surface area contributed by atoms with Gasteiger partial charge in [-0.2, -0.15) is 0 Å². The van der Waals surface area contributed by atoms with E-state index in [2.05, 4.69) is 27.2 Å². The Balaban J connectivity index is 1.58. The van der Waals surface area contributed by atoms with Crippen LogP contribution in [0.3, 0.4) is 0 Å². The predicted octanol–water partition coefficient (Wildman–Crippen LogP) is 4.47. The quantitative estimate of drug-likeness (QED) is 0.459. The molecule has 3 heterocycles. The zero-order valence-corrected chi connectivity index (χ0v) is 18.0. The van der Waals surface area contributed by atoms with Crippen molar-refractivity contribution in [3.63, 3.8) is 0 Å². The molecule has 6 nitrogen and oxygen atoms in total. The molecule has 1 atom stereocenters. The number of rotatable bonds is 5. The molecule has 1 unspecified atom stereocenters. The van der Waals surface area contributed by atoms with E-state index in [0.29, 0.717) is 29.5 Å². The number of hydrogen-bond donors (Lipinski definition) is 0. The van der Waals surface area contributed by atoms with Crippen LogP contribution in [0, 0.1) is 6.92 Å². The number of benzene rings is 2. The van der Waals surface area contributed by atoms with Gasteiger partial charge in [0.15, 0.2) is 11.5 Å². The molecule has 1 aliphatic heterocycles. The van der Waals surface area contributed by atoms with Gasteiger partial charge in [-0.25, -0.2) is 4.98 Å². The summed E-state index contributed by atoms with van der Waals surface area (Å²) in [5.74, 6) is 0.697. The van der Waals surface area contributed by atoms with E-state index in [1.165, 1.54) is 0 Å². The van der Waals surface area contributed by atoms with Crippen LogP contribution in [0.15, 0.2) is 42.5 Å². The topological polar surface area (TPSA) is 55.6 Å². The van der Waals surface area contributed by atoms with Crippen molar-refractivity contribution in [2.24, 2.45) is 0 Å². The highest BCUT2D eigenvalue weighted by molar-refractivity contribution is 6.33. The lowest BCUT2D eigenvalue weighted by molar-refractivity contribution is -0.0370. The summed E-state index contributed by atoms with van der Waals surface area (Å²) in [7, 11) is 0. The summed E-state index contributed by atoms with van der Waals surface area (Å²) >= 11 is 6.46.